The van der Waals surface area contributed by atoms with Crippen molar-refractivity contribution in [2.75, 3.05) is 39.1 Å². The number of ether oxygens (including phenoxy) is 2. The summed E-state index contributed by atoms with van der Waals surface area (Å²) in [7, 11) is 1.66. The number of nitrogens with one attached hydrogen (secondary N) is 2. The lowest BCUT2D eigenvalue weighted by atomic mass is 10.2. The Morgan fingerprint density at radius 3 is 2.96 bits per heavy atom. The molecule has 0 spiro atoms. The van der Waals surface area contributed by atoms with Crippen molar-refractivity contribution in [2.45, 2.75) is 25.0 Å². The monoisotopic (exact) mass is 337 g/mol. The highest BCUT2D eigenvalue weighted by Gasteiger charge is 2.14. The molecule has 1 heterocycles. The lowest BCUT2D eigenvalue weighted by Crippen LogP contribution is -2.39. The topological polar surface area (TPSA) is 54.9 Å². The lowest BCUT2D eigenvalue weighted by molar-refractivity contribution is 0.319. The van der Waals surface area contributed by atoms with Gasteiger partial charge in [-0.25, -0.2) is 0 Å². The number of benzene rings is 1. The van der Waals surface area contributed by atoms with E-state index in [9.17, 15) is 0 Å². The molecule has 1 unspecified atom stereocenters. The minimum Gasteiger partial charge on any atom is -0.497 e. The van der Waals surface area contributed by atoms with E-state index in [0.29, 0.717) is 18.4 Å². The van der Waals surface area contributed by atoms with Gasteiger partial charge in [-0.3, -0.25) is 4.99 Å². The van der Waals surface area contributed by atoms with Crippen LogP contribution in [-0.4, -0.2) is 50.3 Å². The first-order valence-corrected chi connectivity index (χ1v) is 9.27. The van der Waals surface area contributed by atoms with Gasteiger partial charge in [-0.1, -0.05) is 6.07 Å². The van der Waals surface area contributed by atoms with Gasteiger partial charge >= 0.3 is 0 Å². The zero-order valence-electron chi connectivity index (χ0n) is 14.0. The highest BCUT2D eigenvalue weighted by molar-refractivity contribution is 8.00. The van der Waals surface area contributed by atoms with Crippen LogP contribution in [0, 0.1) is 0 Å². The number of hydrogen-bond donors (Lipinski definition) is 2. The summed E-state index contributed by atoms with van der Waals surface area (Å²) in [6.45, 7) is 5.11. The van der Waals surface area contributed by atoms with Crippen LogP contribution in [0.2, 0.25) is 0 Å². The standard InChI is InChI=1S/C17H27N3O2S/c1-3-18-17(20-13-16-8-5-11-23-16)19-9-10-22-15-7-4-6-14(12-15)21-2/h4,6-7,12,16H,3,5,8-11,13H2,1-2H3,(H2,18,19,20). The van der Waals surface area contributed by atoms with E-state index in [0.717, 1.165) is 30.5 Å². The third-order valence-electron chi connectivity index (χ3n) is 3.53. The second-order valence-electron chi connectivity index (χ2n) is 5.31. The molecule has 1 atom stereocenters. The van der Waals surface area contributed by atoms with Crippen molar-refractivity contribution in [2.24, 2.45) is 4.99 Å². The third kappa shape index (κ3) is 6.60. The molecular weight excluding hydrogens is 310 g/mol. The van der Waals surface area contributed by atoms with Gasteiger partial charge in [0.05, 0.1) is 20.2 Å². The van der Waals surface area contributed by atoms with Gasteiger partial charge < -0.3 is 20.1 Å². The molecule has 0 aromatic heterocycles. The van der Waals surface area contributed by atoms with Crippen molar-refractivity contribution in [1.82, 2.24) is 10.6 Å². The number of guanidine groups is 1. The molecule has 1 aliphatic heterocycles. The molecule has 5 nitrogen and oxygen atoms in total. The fraction of sp³-hybridized carbons (Fsp3) is 0.588. The molecule has 1 aromatic carbocycles. The van der Waals surface area contributed by atoms with Gasteiger partial charge in [0, 0.05) is 17.9 Å². The quantitative estimate of drug-likeness (QED) is 0.434. The average molecular weight is 337 g/mol. The molecule has 23 heavy (non-hydrogen) atoms. The number of rotatable bonds is 8. The SMILES string of the molecule is CCNC(=NCC1CCCS1)NCCOc1cccc(OC)c1. The van der Waals surface area contributed by atoms with Crippen LogP contribution in [0.1, 0.15) is 19.8 Å². The molecule has 6 heteroatoms. The fourth-order valence-corrected chi connectivity index (χ4v) is 3.53. The first kappa shape index (κ1) is 17.8. The van der Waals surface area contributed by atoms with Crippen LogP contribution in [0.15, 0.2) is 29.3 Å². The minimum absolute atomic E-state index is 0.579. The number of nitrogens with zero attached hydrogens (tertiary/aromatic N) is 1. The molecule has 0 radical (unpaired) electrons. The molecule has 0 aliphatic carbocycles. The lowest BCUT2D eigenvalue weighted by Gasteiger charge is -2.13. The molecule has 0 amide bonds. The Bertz CT molecular complexity index is 490. The van der Waals surface area contributed by atoms with Crippen LogP contribution >= 0.6 is 11.8 Å². The Labute approximate surface area is 143 Å². The van der Waals surface area contributed by atoms with Crippen LogP contribution in [0.3, 0.4) is 0 Å². The molecular formula is C17H27N3O2S. The van der Waals surface area contributed by atoms with Gasteiger partial charge in [-0.05, 0) is 37.7 Å². The second kappa shape index (κ2) is 10.3. The van der Waals surface area contributed by atoms with E-state index in [1.54, 1.807) is 7.11 Å². The van der Waals surface area contributed by atoms with E-state index in [1.165, 1.54) is 18.6 Å². The first-order chi connectivity index (χ1) is 11.3. The van der Waals surface area contributed by atoms with Gasteiger partial charge in [0.25, 0.3) is 0 Å². The number of methoxy groups -OCH3 is 1. The van der Waals surface area contributed by atoms with Gasteiger partial charge in [0.15, 0.2) is 5.96 Å². The number of thioether (sulfide) groups is 1. The summed E-state index contributed by atoms with van der Waals surface area (Å²) in [4.78, 5) is 4.67. The minimum atomic E-state index is 0.579. The normalized spacial score (nSPS) is 17.8. The summed E-state index contributed by atoms with van der Waals surface area (Å²) >= 11 is 2.03. The van der Waals surface area contributed by atoms with Crippen LogP contribution in [-0.2, 0) is 0 Å². The molecule has 1 fully saturated rings. The van der Waals surface area contributed by atoms with Crippen molar-refractivity contribution in [1.29, 1.82) is 0 Å². The van der Waals surface area contributed by atoms with Crippen LogP contribution in [0.4, 0.5) is 0 Å². The van der Waals surface area contributed by atoms with Crippen LogP contribution < -0.4 is 20.1 Å². The van der Waals surface area contributed by atoms with Gasteiger partial charge in [-0.2, -0.15) is 11.8 Å². The summed E-state index contributed by atoms with van der Waals surface area (Å²) in [5.41, 5.74) is 0. The van der Waals surface area contributed by atoms with Gasteiger partial charge in [0.1, 0.15) is 18.1 Å². The van der Waals surface area contributed by atoms with Crippen LogP contribution in [0.25, 0.3) is 0 Å². The summed E-state index contributed by atoms with van der Waals surface area (Å²) < 4.78 is 10.9. The Morgan fingerprint density at radius 1 is 1.35 bits per heavy atom. The summed E-state index contributed by atoms with van der Waals surface area (Å²) in [5.74, 6) is 3.77. The average Bonchev–Trinajstić information content (AvgIpc) is 3.10. The third-order valence-corrected chi connectivity index (χ3v) is 4.91. The van der Waals surface area contributed by atoms with Crippen molar-refractivity contribution >= 4 is 17.7 Å². The summed E-state index contributed by atoms with van der Waals surface area (Å²) in [5, 5.41) is 7.27. The Morgan fingerprint density at radius 2 is 2.22 bits per heavy atom. The van der Waals surface area contributed by atoms with E-state index >= 15 is 0 Å². The smallest absolute Gasteiger partial charge is 0.191 e. The van der Waals surface area contributed by atoms with E-state index < -0.39 is 0 Å². The molecule has 1 saturated heterocycles. The maximum Gasteiger partial charge on any atom is 0.191 e. The molecule has 1 aliphatic rings. The largest absolute Gasteiger partial charge is 0.497 e. The van der Waals surface area contributed by atoms with Crippen molar-refractivity contribution in [3.63, 3.8) is 0 Å². The van der Waals surface area contributed by atoms with E-state index in [-0.39, 0.29) is 0 Å². The van der Waals surface area contributed by atoms with E-state index in [4.69, 9.17) is 9.47 Å². The fourth-order valence-electron chi connectivity index (χ4n) is 2.35. The zero-order chi connectivity index (χ0) is 16.3. The highest BCUT2D eigenvalue weighted by Crippen LogP contribution is 2.26. The Balaban J connectivity index is 1.71. The van der Waals surface area contributed by atoms with Crippen molar-refractivity contribution in [3.05, 3.63) is 24.3 Å². The van der Waals surface area contributed by atoms with Gasteiger partial charge in [0.2, 0.25) is 0 Å². The summed E-state index contributed by atoms with van der Waals surface area (Å²) in [6, 6.07) is 7.64. The van der Waals surface area contributed by atoms with E-state index in [1.807, 2.05) is 36.0 Å². The number of hydrogen-bond acceptors (Lipinski definition) is 4. The van der Waals surface area contributed by atoms with Gasteiger partial charge in [-0.15, -0.1) is 0 Å². The second-order valence-corrected chi connectivity index (χ2v) is 6.72. The van der Waals surface area contributed by atoms with Crippen LogP contribution in [0.5, 0.6) is 11.5 Å². The van der Waals surface area contributed by atoms with Crippen molar-refractivity contribution < 1.29 is 9.47 Å². The zero-order valence-corrected chi connectivity index (χ0v) is 14.8. The molecule has 128 valence electrons. The molecule has 0 bridgehead atoms. The summed E-state index contributed by atoms with van der Waals surface area (Å²) in [6.07, 6.45) is 2.61. The number of aliphatic imine (C=N–C) groups is 1. The van der Waals surface area contributed by atoms with E-state index in [2.05, 4.69) is 22.5 Å². The first-order valence-electron chi connectivity index (χ1n) is 8.22. The predicted octanol–water partition coefficient (Wildman–Crippen LogP) is 2.52. The molecule has 0 saturated carbocycles. The molecule has 2 rings (SSSR count). The Hall–Kier alpha value is -1.56. The van der Waals surface area contributed by atoms with Crippen molar-refractivity contribution in [3.8, 4) is 11.5 Å². The molecule has 2 N–H and O–H groups in total. The molecule has 1 aromatic rings. The maximum absolute atomic E-state index is 5.73. The highest BCUT2D eigenvalue weighted by atomic mass is 32.2. The predicted molar refractivity (Wildman–Crippen MR) is 98.0 cm³/mol. The Kier molecular flexibility index (Phi) is 7.93. The maximum atomic E-state index is 5.73.